The molecule has 2 unspecified atom stereocenters. The molecule has 41 heavy (non-hydrogen) atoms. The van der Waals surface area contributed by atoms with Crippen LogP contribution in [0.15, 0.2) is 41.3 Å². The lowest BCUT2D eigenvalue weighted by Crippen LogP contribution is -2.40. The van der Waals surface area contributed by atoms with Crippen molar-refractivity contribution in [1.29, 1.82) is 0 Å². The van der Waals surface area contributed by atoms with E-state index in [4.69, 9.17) is 4.74 Å². The van der Waals surface area contributed by atoms with Gasteiger partial charge >= 0.3 is 0 Å². The van der Waals surface area contributed by atoms with Gasteiger partial charge in [0.25, 0.3) is 5.91 Å². The maximum atomic E-state index is 14.0. The molecule has 1 fully saturated rings. The van der Waals surface area contributed by atoms with Gasteiger partial charge in [-0.3, -0.25) is 24.0 Å². The highest BCUT2D eigenvalue weighted by atomic mass is 16.5. The lowest BCUT2D eigenvalue weighted by molar-refractivity contribution is -0.123. The molecule has 2 atom stereocenters. The number of phenolic OH excluding ortho intramolecular Hbond substituents is 2. The molecule has 3 heterocycles. The molecule has 1 aliphatic carbocycles. The summed E-state index contributed by atoms with van der Waals surface area (Å²) in [5, 5.41) is 27.4. The van der Waals surface area contributed by atoms with Crippen LogP contribution in [-0.2, 0) is 19.8 Å². The van der Waals surface area contributed by atoms with Crippen LogP contribution in [0.25, 0.3) is 0 Å². The number of fused-ring (bicyclic) bond motifs is 5. The van der Waals surface area contributed by atoms with E-state index >= 15 is 0 Å². The van der Waals surface area contributed by atoms with Crippen molar-refractivity contribution in [3.63, 3.8) is 0 Å². The van der Waals surface area contributed by atoms with Gasteiger partial charge in [-0.25, -0.2) is 0 Å². The van der Waals surface area contributed by atoms with E-state index in [1.165, 1.54) is 20.8 Å². The summed E-state index contributed by atoms with van der Waals surface area (Å²) in [4.78, 5) is 67.1. The number of allylic oxidation sites excluding steroid dienone is 4. The van der Waals surface area contributed by atoms with Crippen LogP contribution in [0.2, 0.25) is 0 Å². The predicted molar refractivity (Wildman–Crippen MR) is 146 cm³/mol. The molecule has 4 aliphatic rings. The van der Waals surface area contributed by atoms with Crippen LogP contribution in [-0.4, -0.2) is 56.9 Å². The van der Waals surface area contributed by atoms with Crippen LogP contribution in [0.3, 0.4) is 0 Å². The van der Waals surface area contributed by atoms with Gasteiger partial charge in [0.05, 0.1) is 22.4 Å². The van der Waals surface area contributed by atoms with E-state index in [0.29, 0.717) is 24.3 Å². The van der Waals surface area contributed by atoms with Gasteiger partial charge in [-0.05, 0) is 58.7 Å². The lowest BCUT2D eigenvalue weighted by Gasteiger charge is -2.29. The monoisotopic (exact) mass is 557 g/mol. The molecule has 11 heteroatoms. The minimum atomic E-state index is -1.65. The standard InChI is InChI=1S/C30H27N3O8/c1-12-24(36)22(14(3)34)26-23(25(12)37)30(4)20(41-26)11-19(35)21(27(30)38)13(2)31-15-7-8-17-16(10-15)29(40)33-9-5-6-18(33)28(39)32-17/h7-8,10-11,18,31,36-37H,5-6,9H2,1-4H3,(H,32,39). The second-order valence-corrected chi connectivity index (χ2v) is 10.9. The van der Waals surface area contributed by atoms with Gasteiger partial charge in [0.2, 0.25) is 5.91 Å². The Morgan fingerprint density at radius 2 is 1.88 bits per heavy atom. The van der Waals surface area contributed by atoms with E-state index in [1.54, 1.807) is 30.0 Å². The Morgan fingerprint density at radius 3 is 2.59 bits per heavy atom. The van der Waals surface area contributed by atoms with E-state index < -0.39 is 40.3 Å². The zero-order chi connectivity index (χ0) is 29.5. The Balaban J connectivity index is 1.41. The third-order valence-corrected chi connectivity index (χ3v) is 8.42. The smallest absolute Gasteiger partial charge is 0.256 e. The van der Waals surface area contributed by atoms with Crippen molar-refractivity contribution in [1.82, 2.24) is 4.90 Å². The van der Waals surface area contributed by atoms with Gasteiger partial charge in [0.15, 0.2) is 17.3 Å². The van der Waals surface area contributed by atoms with Gasteiger partial charge < -0.3 is 30.5 Å². The summed E-state index contributed by atoms with van der Waals surface area (Å²) in [6.45, 7) is 6.14. The van der Waals surface area contributed by atoms with Gasteiger partial charge in [0, 0.05) is 29.6 Å². The average molecular weight is 558 g/mol. The molecule has 4 N–H and O–H groups in total. The molecule has 210 valence electrons. The van der Waals surface area contributed by atoms with Crippen molar-refractivity contribution < 1.29 is 38.9 Å². The number of nitrogens with one attached hydrogen (secondary N) is 2. The van der Waals surface area contributed by atoms with Crippen LogP contribution in [0, 0.1) is 6.92 Å². The maximum Gasteiger partial charge on any atom is 0.256 e. The second-order valence-electron chi connectivity index (χ2n) is 10.9. The second kappa shape index (κ2) is 8.79. The highest BCUT2D eigenvalue weighted by Crippen LogP contribution is 2.57. The average Bonchev–Trinajstić information content (AvgIpc) is 3.49. The summed E-state index contributed by atoms with van der Waals surface area (Å²) >= 11 is 0. The number of benzene rings is 2. The molecule has 11 nitrogen and oxygen atoms in total. The molecule has 2 amide bonds. The number of Topliss-reactive ketones (excluding diaryl/α,β-unsaturated/α-hetero) is 2. The Bertz CT molecular complexity index is 1720. The van der Waals surface area contributed by atoms with Crippen molar-refractivity contribution in [3.8, 4) is 17.2 Å². The number of phenols is 2. The molecule has 0 bridgehead atoms. The fraction of sp³-hybridized carbons (Fsp3) is 0.300. The molecule has 2 aromatic carbocycles. The topological polar surface area (TPSA) is 162 Å². The number of ketones is 3. The summed E-state index contributed by atoms with van der Waals surface area (Å²) < 4.78 is 5.80. The molecule has 0 spiro atoms. The van der Waals surface area contributed by atoms with Crippen molar-refractivity contribution in [3.05, 3.63) is 63.6 Å². The molecule has 0 saturated carbocycles. The first-order valence-corrected chi connectivity index (χ1v) is 13.2. The molecule has 0 aromatic heterocycles. The van der Waals surface area contributed by atoms with E-state index in [2.05, 4.69) is 10.6 Å². The highest BCUT2D eigenvalue weighted by Gasteiger charge is 2.56. The summed E-state index contributed by atoms with van der Waals surface area (Å²) in [6, 6.07) is 4.26. The van der Waals surface area contributed by atoms with E-state index in [-0.39, 0.29) is 56.8 Å². The van der Waals surface area contributed by atoms with E-state index in [9.17, 15) is 34.2 Å². The zero-order valence-electron chi connectivity index (χ0n) is 22.8. The number of anilines is 2. The summed E-state index contributed by atoms with van der Waals surface area (Å²) in [7, 11) is 0. The van der Waals surface area contributed by atoms with Crippen LogP contribution in [0.1, 0.15) is 65.5 Å². The molecular formula is C30H27N3O8. The van der Waals surface area contributed by atoms with Gasteiger partial charge in [-0.2, -0.15) is 0 Å². The van der Waals surface area contributed by atoms with Crippen molar-refractivity contribution in [2.75, 3.05) is 17.2 Å². The van der Waals surface area contributed by atoms with E-state index in [0.717, 1.165) is 12.5 Å². The molecular weight excluding hydrogens is 530 g/mol. The number of amides is 2. The summed E-state index contributed by atoms with van der Waals surface area (Å²) in [5.41, 5.74) is -0.749. The van der Waals surface area contributed by atoms with Crippen molar-refractivity contribution >= 4 is 40.5 Å². The van der Waals surface area contributed by atoms with E-state index in [1.807, 2.05) is 0 Å². The SMILES string of the molecule is CC(=O)c1c(O)c(C)c(O)c2c1OC1=CC(=O)C(=C(C)Nc3ccc4c(c3)C(=O)N3CCCC3C(=O)N4)C(=O)C12C. The van der Waals surface area contributed by atoms with Crippen LogP contribution < -0.4 is 15.4 Å². The maximum absolute atomic E-state index is 14.0. The minimum absolute atomic E-state index is 0.00131. The molecule has 0 radical (unpaired) electrons. The van der Waals surface area contributed by atoms with Crippen molar-refractivity contribution in [2.45, 2.75) is 52.0 Å². The quantitative estimate of drug-likeness (QED) is 0.252. The fourth-order valence-corrected chi connectivity index (χ4v) is 6.20. The lowest BCUT2D eigenvalue weighted by atomic mass is 9.70. The molecule has 6 rings (SSSR count). The molecule has 3 aliphatic heterocycles. The summed E-state index contributed by atoms with van der Waals surface area (Å²) in [6.07, 6.45) is 2.47. The van der Waals surface area contributed by atoms with Crippen molar-refractivity contribution in [2.24, 2.45) is 0 Å². The first-order valence-electron chi connectivity index (χ1n) is 13.2. The normalized spacial score (nSPS) is 24.0. The third kappa shape index (κ3) is 3.54. The predicted octanol–water partition coefficient (Wildman–Crippen LogP) is 3.24. The van der Waals surface area contributed by atoms with Crippen LogP contribution in [0.4, 0.5) is 11.4 Å². The number of nitrogens with zero attached hydrogens (tertiary/aromatic N) is 1. The summed E-state index contributed by atoms with van der Waals surface area (Å²) in [5.74, 6) is -3.46. The number of hydrogen-bond acceptors (Lipinski definition) is 9. The third-order valence-electron chi connectivity index (χ3n) is 8.42. The minimum Gasteiger partial charge on any atom is -0.507 e. The fourth-order valence-electron chi connectivity index (χ4n) is 6.20. The Labute approximate surface area is 234 Å². The number of carbonyl (C=O) groups excluding carboxylic acids is 5. The first-order chi connectivity index (χ1) is 19.4. The van der Waals surface area contributed by atoms with Gasteiger partial charge in [-0.1, -0.05) is 0 Å². The number of ether oxygens (including phenoxy) is 1. The van der Waals surface area contributed by atoms with Gasteiger partial charge in [-0.15, -0.1) is 0 Å². The number of rotatable bonds is 3. The number of aromatic hydroxyl groups is 2. The molecule has 2 aromatic rings. The first kappa shape index (κ1) is 26.3. The zero-order valence-corrected chi connectivity index (χ0v) is 22.8. The highest BCUT2D eigenvalue weighted by molar-refractivity contribution is 6.31. The van der Waals surface area contributed by atoms with Gasteiger partial charge in [0.1, 0.15) is 40.0 Å². The molecule has 1 saturated heterocycles. The van der Waals surface area contributed by atoms with Crippen LogP contribution >= 0.6 is 0 Å². The Morgan fingerprint density at radius 1 is 1.15 bits per heavy atom. The Kier molecular flexibility index (Phi) is 5.64. The number of hydrogen-bond donors (Lipinski definition) is 4. The Hall–Kier alpha value is -4.93. The van der Waals surface area contributed by atoms with Crippen LogP contribution in [0.5, 0.6) is 17.2 Å². The number of carbonyl (C=O) groups is 5. The largest absolute Gasteiger partial charge is 0.507 e.